The molecule has 1 saturated carbocycles. The molecule has 2 heteroatoms. The summed E-state index contributed by atoms with van der Waals surface area (Å²) in [5, 5.41) is 3.47. The van der Waals surface area contributed by atoms with Crippen LogP contribution in [0.2, 0.25) is 0 Å². The third kappa shape index (κ3) is 3.79. The van der Waals surface area contributed by atoms with Gasteiger partial charge in [-0.15, -0.1) is 0 Å². The Morgan fingerprint density at radius 3 is 2.57 bits per heavy atom. The second-order valence-corrected chi connectivity index (χ2v) is 6.88. The fourth-order valence-electron chi connectivity index (χ4n) is 4.07. The van der Waals surface area contributed by atoms with Crippen LogP contribution in [0.3, 0.4) is 0 Å². The largest absolute Gasteiger partial charge is 0.371 e. The Labute approximate surface area is 129 Å². The van der Waals surface area contributed by atoms with E-state index in [9.17, 15) is 0 Å². The van der Waals surface area contributed by atoms with Crippen molar-refractivity contribution in [3.05, 3.63) is 29.8 Å². The second-order valence-electron chi connectivity index (χ2n) is 6.88. The molecule has 1 saturated heterocycles. The van der Waals surface area contributed by atoms with Gasteiger partial charge in [0.15, 0.2) is 0 Å². The van der Waals surface area contributed by atoms with Crippen LogP contribution >= 0.6 is 0 Å². The van der Waals surface area contributed by atoms with Crippen molar-refractivity contribution in [1.82, 2.24) is 5.32 Å². The topological polar surface area (TPSA) is 15.3 Å². The van der Waals surface area contributed by atoms with Gasteiger partial charge in [0.25, 0.3) is 0 Å². The Balaban J connectivity index is 1.56. The first-order valence-corrected chi connectivity index (χ1v) is 8.91. The normalized spacial score (nSPS) is 25.7. The average Bonchev–Trinajstić information content (AvgIpc) is 2.55. The van der Waals surface area contributed by atoms with E-state index in [-0.39, 0.29) is 0 Å². The molecule has 1 heterocycles. The summed E-state index contributed by atoms with van der Waals surface area (Å²) in [7, 11) is 0. The van der Waals surface area contributed by atoms with Crippen molar-refractivity contribution in [3.8, 4) is 0 Å². The number of fused-ring (bicyclic) bond motifs is 1. The van der Waals surface area contributed by atoms with Crippen molar-refractivity contribution in [2.24, 2.45) is 11.8 Å². The quantitative estimate of drug-likeness (QED) is 0.816. The van der Waals surface area contributed by atoms with Crippen molar-refractivity contribution in [2.45, 2.75) is 52.0 Å². The third-order valence-corrected chi connectivity index (χ3v) is 5.35. The highest BCUT2D eigenvalue weighted by Crippen LogP contribution is 2.37. The van der Waals surface area contributed by atoms with E-state index in [4.69, 9.17) is 0 Å². The van der Waals surface area contributed by atoms with E-state index < -0.39 is 0 Å². The summed E-state index contributed by atoms with van der Waals surface area (Å²) in [4.78, 5) is 2.62. The molecular formula is C19H30N2. The molecule has 1 aliphatic carbocycles. The van der Waals surface area contributed by atoms with E-state index in [1.54, 1.807) is 0 Å². The summed E-state index contributed by atoms with van der Waals surface area (Å²) in [5.74, 6) is 1.98. The zero-order chi connectivity index (χ0) is 14.5. The maximum Gasteiger partial charge on any atom is 0.0366 e. The molecule has 0 spiro atoms. The fraction of sp³-hybridized carbons (Fsp3) is 0.684. The van der Waals surface area contributed by atoms with Crippen LogP contribution < -0.4 is 10.2 Å². The smallest absolute Gasteiger partial charge is 0.0366 e. The van der Waals surface area contributed by atoms with Crippen LogP contribution in [0.1, 0.15) is 51.0 Å². The molecule has 1 aromatic rings. The highest BCUT2D eigenvalue weighted by molar-refractivity contribution is 5.48. The van der Waals surface area contributed by atoms with Crippen molar-refractivity contribution in [1.29, 1.82) is 0 Å². The van der Waals surface area contributed by atoms with E-state index in [2.05, 4.69) is 41.4 Å². The first-order valence-electron chi connectivity index (χ1n) is 8.91. The van der Waals surface area contributed by atoms with Crippen LogP contribution in [-0.2, 0) is 6.54 Å². The number of benzene rings is 1. The molecular weight excluding hydrogens is 256 g/mol. The van der Waals surface area contributed by atoms with Gasteiger partial charge in [0, 0.05) is 25.3 Å². The van der Waals surface area contributed by atoms with Gasteiger partial charge in [-0.3, -0.25) is 0 Å². The summed E-state index contributed by atoms with van der Waals surface area (Å²) in [6.45, 7) is 6.87. The minimum Gasteiger partial charge on any atom is -0.371 e. The minimum absolute atomic E-state index is 0.957. The lowest BCUT2D eigenvalue weighted by molar-refractivity contribution is 0.202. The number of nitrogens with zero attached hydrogens (tertiary/aromatic N) is 1. The number of hydrogen-bond donors (Lipinski definition) is 1. The lowest BCUT2D eigenvalue weighted by atomic mass is 9.75. The standard InChI is InChI=1S/C19H30N2/c1-2-12-20-14-16-7-9-19(10-8-16)21-13-11-17-5-3-4-6-18(17)15-21/h7-10,17-18,20H,2-6,11-15H2,1H3. The summed E-state index contributed by atoms with van der Waals surface area (Å²) in [6, 6.07) is 9.24. The average molecular weight is 286 g/mol. The highest BCUT2D eigenvalue weighted by Gasteiger charge is 2.30. The van der Waals surface area contributed by atoms with Crippen molar-refractivity contribution >= 4 is 5.69 Å². The molecule has 21 heavy (non-hydrogen) atoms. The molecule has 2 unspecified atom stereocenters. The second kappa shape index (κ2) is 7.31. The lowest BCUT2D eigenvalue weighted by Gasteiger charge is -2.42. The van der Waals surface area contributed by atoms with Gasteiger partial charge in [0.2, 0.25) is 0 Å². The van der Waals surface area contributed by atoms with Crippen LogP contribution in [0, 0.1) is 11.8 Å². The summed E-state index contributed by atoms with van der Waals surface area (Å²) < 4.78 is 0. The summed E-state index contributed by atoms with van der Waals surface area (Å²) in [6.07, 6.45) is 8.48. The van der Waals surface area contributed by atoms with Gasteiger partial charge >= 0.3 is 0 Å². The molecule has 1 N–H and O–H groups in total. The van der Waals surface area contributed by atoms with Gasteiger partial charge in [-0.2, -0.15) is 0 Å². The van der Waals surface area contributed by atoms with Crippen LogP contribution in [0.5, 0.6) is 0 Å². The van der Waals surface area contributed by atoms with Gasteiger partial charge in [0.1, 0.15) is 0 Å². The molecule has 0 amide bonds. The molecule has 1 aromatic carbocycles. The van der Waals surface area contributed by atoms with Crippen molar-refractivity contribution < 1.29 is 0 Å². The van der Waals surface area contributed by atoms with Gasteiger partial charge in [-0.25, -0.2) is 0 Å². The van der Waals surface area contributed by atoms with E-state index in [0.717, 1.165) is 24.9 Å². The molecule has 0 radical (unpaired) electrons. The molecule has 2 aliphatic rings. The number of anilines is 1. The highest BCUT2D eigenvalue weighted by atomic mass is 15.1. The SMILES string of the molecule is CCCNCc1ccc(N2CCC3CCCCC3C2)cc1. The molecule has 0 bridgehead atoms. The van der Waals surface area contributed by atoms with E-state index in [1.165, 1.54) is 62.9 Å². The van der Waals surface area contributed by atoms with Gasteiger partial charge in [0.05, 0.1) is 0 Å². The number of nitrogens with one attached hydrogen (secondary N) is 1. The Kier molecular flexibility index (Phi) is 5.18. The lowest BCUT2D eigenvalue weighted by Crippen LogP contribution is -2.41. The fourth-order valence-corrected chi connectivity index (χ4v) is 4.07. The van der Waals surface area contributed by atoms with Crippen molar-refractivity contribution in [2.75, 3.05) is 24.5 Å². The van der Waals surface area contributed by atoms with Gasteiger partial charge in [-0.1, -0.05) is 38.3 Å². The van der Waals surface area contributed by atoms with Gasteiger partial charge in [-0.05, 0) is 55.3 Å². The number of piperidine rings is 1. The predicted molar refractivity (Wildman–Crippen MR) is 90.7 cm³/mol. The van der Waals surface area contributed by atoms with Gasteiger partial charge < -0.3 is 10.2 Å². The first kappa shape index (κ1) is 14.9. The molecule has 116 valence electrons. The monoisotopic (exact) mass is 286 g/mol. The van der Waals surface area contributed by atoms with Crippen LogP contribution in [0.15, 0.2) is 24.3 Å². The minimum atomic E-state index is 0.957. The van der Waals surface area contributed by atoms with Crippen molar-refractivity contribution in [3.63, 3.8) is 0 Å². The molecule has 2 fully saturated rings. The molecule has 2 nitrogen and oxygen atoms in total. The van der Waals surface area contributed by atoms with Crippen LogP contribution in [-0.4, -0.2) is 19.6 Å². The van der Waals surface area contributed by atoms with Crippen LogP contribution in [0.4, 0.5) is 5.69 Å². The maximum atomic E-state index is 3.47. The molecule has 3 rings (SSSR count). The number of hydrogen-bond acceptors (Lipinski definition) is 2. The zero-order valence-corrected chi connectivity index (χ0v) is 13.5. The van der Waals surface area contributed by atoms with E-state index in [1.807, 2.05) is 0 Å². The Hall–Kier alpha value is -1.02. The zero-order valence-electron chi connectivity index (χ0n) is 13.5. The Morgan fingerprint density at radius 1 is 1.05 bits per heavy atom. The first-order chi connectivity index (χ1) is 10.4. The van der Waals surface area contributed by atoms with E-state index in [0.29, 0.717) is 0 Å². The molecule has 2 atom stereocenters. The number of rotatable bonds is 5. The van der Waals surface area contributed by atoms with Crippen LogP contribution in [0.25, 0.3) is 0 Å². The summed E-state index contributed by atoms with van der Waals surface area (Å²) in [5.41, 5.74) is 2.83. The Morgan fingerprint density at radius 2 is 1.81 bits per heavy atom. The third-order valence-electron chi connectivity index (χ3n) is 5.35. The van der Waals surface area contributed by atoms with E-state index >= 15 is 0 Å². The summed E-state index contributed by atoms with van der Waals surface area (Å²) >= 11 is 0. The molecule has 1 aliphatic heterocycles. The molecule has 0 aromatic heterocycles. The Bertz CT molecular complexity index is 426. The maximum absolute atomic E-state index is 3.47. The predicted octanol–water partition coefficient (Wildman–Crippen LogP) is 4.20.